The van der Waals surface area contributed by atoms with Crippen LogP contribution in [0.15, 0.2) is 0 Å². The normalized spacial score (nSPS) is 20.3. The second kappa shape index (κ2) is 5.52. The molecule has 0 aliphatic heterocycles. The Balaban J connectivity index is 1.72. The van der Waals surface area contributed by atoms with Gasteiger partial charge in [-0.2, -0.15) is 0 Å². The van der Waals surface area contributed by atoms with E-state index in [1.54, 1.807) is 6.92 Å². The minimum atomic E-state index is 0.137. The van der Waals surface area contributed by atoms with Crippen LogP contribution in [0.4, 0.5) is 0 Å². The van der Waals surface area contributed by atoms with Gasteiger partial charge >= 0.3 is 0 Å². The summed E-state index contributed by atoms with van der Waals surface area (Å²) in [5.74, 6) is 0.560. The Bertz CT molecular complexity index is 294. The van der Waals surface area contributed by atoms with Crippen molar-refractivity contribution in [1.82, 2.24) is 10.2 Å². The predicted molar refractivity (Wildman–Crippen MR) is 65.4 cm³/mol. The molecule has 4 nitrogen and oxygen atoms in total. The van der Waals surface area contributed by atoms with E-state index >= 15 is 0 Å². The van der Waals surface area contributed by atoms with Gasteiger partial charge in [-0.3, -0.25) is 9.59 Å². The molecule has 0 spiro atoms. The summed E-state index contributed by atoms with van der Waals surface area (Å²) in [5.41, 5.74) is 0. The number of rotatable bonds is 5. The lowest BCUT2D eigenvalue weighted by Gasteiger charge is -2.27. The molecule has 0 saturated heterocycles. The third-order valence-electron chi connectivity index (χ3n) is 3.77. The molecule has 0 unspecified atom stereocenters. The van der Waals surface area contributed by atoms with Crippen LogP contribution < -0.4 is 5.32 Å². The Kier molecular flexibility index (Phi) is 4.02. The number of carbonyl (C=O) groups excluding carboxylic acids is 2. The van der Waals surface area contributed by atoms with Gasteiger partial charge in [0, 0.05) is 32.0 Å². The maximum absolute atomic E-state index is 11.6. The molecule has 0 atom stereocenters. The molecule has 0 bridgehead atoms. The van der Waals surface area contributed by atoms with Crippen LogP contribution in [0.3, 0.4) is 0 Å². The lowest BCUT2D eigenvalue weighted by atomic mass is 10.2. The molecule has 2 saturated carbocycles. The summed E-state index contributed by atoms with van der Waals surface area (Å²) in [7, 11) is 0. The van der Waals surface area contributed by atoms with Crippen LogP contribution in [0.2, 0.25) is 0 Å². The molecule has 2 fully saturated rings. The standard InChI is InChI=1S/C13H22N2O2/c1-10(16)15(12-4-2-3-5-12)9-8-14-13(17)11-6-7-11/h11-12H,2-9H2,1H3,(H,14,17). The number of amides is 2. The van der Waals surface area contributed by atoms with E-state index in [-0.39, 0.29) is 17.7 Å². The summed E-state index contributed by atoms with van der Waals surface area (Å²) in [4.78, 5) is 25.0. The number of hydrogen-bond acceptors (Lipinski definition) is 2. The van der Waals surface area contributed by atoms with Crippen LogP contribution >= 0.6 is 0 Å². The third-order valence-corrected chi connectivity index (χ3v) is 3.77. The number of nitrogens with zero attached hydrogens (tertiary/aromatic N) is 1. The molecule has 2 rings (SSSR count). The lowest BCUT2D eigenvalue weighted by Crippen LogP contribution is -2.42. The number of hydrogen-bond donors (Lipinski definition) is 1. The molecule has 96 valence electrons. The summed E-state index contributed by atoms with van der Waals surface area (Å²) in [6.45, 7) is 2.89. The van der Waals surface area contributed by atoms with Crippen LogP contribution in [0.5, 0.6) is 0 Å². The van der Waals surface area contributed by atoms with Gasteiger partial charge in [-0.05, 0) is 25.7 Å². The Morgan fingerprint density at radius 2 is 1.82 bits per heavy atom. The van der Waals surface area contributed by atoms with Crippen molar-refractivity contribution in [3.63, 3.8) is 0 Å². The number of nitrogens with one attached hydrogen (secondary N) is 1. The Morgan fingerprint density at radius 1 is 1.18 bits per heavy atom. The molecule has 0 radical (unpaired) electrons. The average Bonchev–Trinajstić information content (AvgIpc) is 3.01. The van der Waals surface area contributed by atoms with Gasteiger partial charge < -0.3 is 10.2 Å². The quantitative estimate of drug-likeness (QED) is 0.785. The fourth-order valence-corrected chi connectivity index (χ4v) is 2.60. The van der Waals surface area contributed by atoms with E-state index in [2.05, 4.69) is 5.32 Å². The predicted octanol–water partition coefficient (Wildman–Crippen LogP) is 1.30. The van der Waals surface area contributed by atoms with Crippen molar-refractivity contribution < 1.29 is 9.59 Å². The highest BCUT2D eigenvalue weighted by Gasteiger charge is 2.29. The minimum absolute atomic E-state index is 0.137. The van der Waals surface area contributed by atoms with E-state index < -0.39 is 0 Å². The Labute approximate surface area is 103 Å². The Morgan fingerprint density at radius 3 is 2.35 bits per heavy atom. The van der Waals surface area contributed by atoms with Crippen molar-refractivity contribution in [2.75, 3.05) is 13.1 Å². The molecule has 0 aromatic carbocycles. The summed E-state index contributed by atoms with van der Waals surface area (Å²) in [6, 6.07) is 0.408. The molecule has 4 heteroatoms. The maximum atomic E-state index is 11.6. The van der Waals surface area contributed by atoms with Gasteiger partial charge in [-0.1, -0.05) is 12.8 Å². The van der Waals surface area contributed by atoms with E-state index in [4.69, 9.17) is 0 Å². The molecule has 1 N–H and O–H groups in total. The zero-order valence-electron chi connectivity index (χ0n) is 10.6. The van der Waals surface area contributed by atoms with E-state index in [0.717, 1.165) is 25.7 Å². The highest BCUT2D eigenvalue weighted by Crippen LogP contribution is 2.28. The van der Waals surface area contributed by atoms with Crippen LogP contribution in [0.25, 0.3) is 0 Å². The highest BCUT2D eigenvalue weighted by atomic mass is 16.2. The van der Waals surface area contributed by atoms with Crippen LogP contribution in [0, 0.1) is 5.92 Å². The topological polar surface area (TPSA) is 49.4 Å². The third kappa shape index (κ3) is 3.45. The molecular weight excluding hydrogens is 216 g/mol. The van der Waals surface area contributed by atoms with Crippen LogP contribution in [0.1, 0.15) is 45.4 Å². The van der Waals surface area contributed by atoms with Crippen molar-refractivity contribution in [3.8, 4) is 0 Å². The molecule has 0 aromatic heterocycles. The van der Waals surface area contributed by atoms with E-state index in [0.29, 0.717) is 19.1 Å². The first-order valence-electron chi connectivity index (χ1n) is 6.73. The summed E-state index contributed by atoms with van der Waals surface area (Å²) < 4.78 is 0. The molecule has 2 aliphatic rings. The minimum Gasteiger partial charge on any atom is -0.354 e. The molecule has 2 amide bonds. The van der Waals surface area contributed by atoms with Crippen molar-refractivity contribution in [1.29, 1.82) is 0 Å². The first-order valence-corrected chi connectivity index (χ1v) is 6.73. The van der Waals surface area contributed by atoms with Crippen molar-refractivity contribution >= 4 is 11.8 Å². The van der Waals surface area contributed by atoms with E-state index in [1.165, 1.54) is 12.8 Å². The van der Waals surface area contributed by atoms with Crippen molar-refractivity contribution in [3.05, 3.63) is 0 Å². The van der Waals surface area contributed by atoms with Crippen molar-refractivity contribution in [2.45, 2.75) is 51.5 Å². The molecular formula is C13H22N2O2. The second-order valence-corrected chi connectivity index (χ2v) is 5.22. The van der Waals surface area contributed by atoms with Gasteiger partial charge in [0.15, 0.2) is 0 Å². The van der Waals surface area contributed by atoms with Crippen molar-refractivity contribution in [2.24, 2.45) is 5.92 Å². The Hall–Kier alpha value is -1.06. The second-order valence-electron chi connectivity index (χ2n) is 5.22. The summed E-state index contributed by atoms with van der Waals surface area (Å²) in [6.07, 6.45) is 6.76. The lowest BCUT2D eigenvalue weighted by molar-refractivity contribution is -0.131. The molecule has 17 heavy (non-hydrogen) atoms. The van der Waals surface area contributed by atoms with E-state index in [1.807, 2.05) is 4.90 Å². The highest BCUT2D eigenvalue weighted by molar-refractivity contribution is 5.80. The summed E-state index contributed by atoms with van der Waals surface area (Å²) in [5, 5.41) is 2.92. The maximum Gasteiger partial charge on any atom is 0.223 e. The van der Waals surface area contributed by atoms with Gasteiger partial charge in [-0.15, -0.1) is 0 Å². The van der Waals surface area contributed by atoms with Gasteiger partial charge in [0.25, 0.3) is 0 Å². The fourth-order valence-electron chi connectivity index (χ4n) is 2.60. The smallest absolute Gasteiger partial charge is 0.223 e. The first-order chi connectivity index (χ1) is 8.18. The largest absolute Gasteiger partial charge is 0.354 e. The molecule has 0 aromatic rings. The summed E-state index contributed by atoms with van der Waals surface area (Å²) >= 11 is 0. The van der Waals surface area contributed by atoms with Gasteiger partial charge in [0.1, 0.15) is 0 Å². The molecule has 2 aliphatic carbocycles. The zero-order chi connectivity index (χ0) is 12.3. The monoisotopic (exact) mass is 238 g/mol. The van der Waals surface area contributed by atoms with Gasteiger partial charge in [-0.25, -0.2) is 0 Å². The van der Waals surface area contributed by atoms with Crippen LogP contribution in [-0.4, -0.2) is 35.8 Å². The SMILES string of the molecule is CC(=O)N(CCNC(=O)C1CC1)C1CCCC1. The first kappa shape index (κ1) is 12.4. The van der Waals surface area contributed by atoms with Gasteiger partial charge in [0.2, 0.25) is 11.8 Å². The number of carbonyl (C=O) groups is 2. The van der Waals surface area contributed by atoms with E-state index in [9.17, 15) is 9.59 Å². The van der Waals surface area contributed by atoms with Crippen LogP contribution in [-0.2, 0) is 9.59 Å². The average molecular weight is 238 g/mol. The van der Waals surface area contributed by atoms with Gasteiger partial charge in [0.05, 0.1) is 0 Å². The fraction of sp³-hybridized carbons (Fsp3) is 0.846. The molecule has 0 heterocycles. The zero-order valence-corrected chi connectivity index (χ0v) is 10.6.